The Morgan fingerprint density at radius 2 is 1.21 bits per heavy atom. The van der Waals surface area contributed by atoms with E-state index in [1.807, 2.05) is 84.9 Å². The van der Waals surface area contributed by atoms with E-state index in [2.05, 4.69) is 16.0 Å². The fraction of sp³-hybridized carbons (Fsp3) is 0.190. The summed E-state index contributed by atoms with van der Waals surface area (Å²) in [7, 11) is 0. The number of hydrogen-bond acceptors (Lipinski definition) is 6. The standard InChI is InChI=1S/C42H39N3O7/c46-30-21-19-29(20-22-30)25-38(41(49)50)44-39(47)36(23-27-11-3-1-4-12-27)43-40(48)37(24-28-13-5-2-6-14-28)45-42(51)52-26-35-33-17-9-7-15-31(33)32-16-8-10-18-34(32)35/h1-19,21-22,25,35-38,46H,20,23-24,26H2,(H,43,48)(H,44,47)(H,45,51)(H,49,50)/b29-25+/t36-,37-,38-/m0/s1. The van der Waals surface area contributed by atoms with Crippen LogP contribution < -0.4 is 16.0 Å². The number of carbonyl (C=O) groups is 4. The smallest absolute Gasteiger partial charge is 0.407 e. The van der Waals surface area contributed by atoms with Gasteiger partial charge >= 0.3 is 12.1 Å². The number of hydrogen-bond donors (Lipinski definition) is 5. The molecule has 3 atom stereocenters. The van der Waals surface area contributed by atoms with Gasteiger partial charge in [0.1, 0.15) is 30.5 Å². The number of ether oxygens (including phenoxy) is 1. The molecule has 4 aromatic rings. The number of carboxylic acids is 1. The zero-order valence-corrected chi connectivity index (χ0v) is 28.3. The molecule has 2 aliphatic carbocycles. The van der Waals surface area contributed by atoms with E-state index in [-0.39, 0.29) is 37.5 Å². The van der Waals surface area contributed by atoms with Gasteiger partial charge in [0.05, 0.1) is 0 Å². The second-order valence-corrected chi connectivity index (χ2v) is 12.7. The first-order valence-electron chi connectivity index (χ1n) is 17.1. The molecule has 6 rings (SSSR count). The highest BCUT2D eigenvalue weighted by molar-refractivity contribution is 5.93. The van der Waals surface area contributed by atoms with E-state index < -0.39 is 42.0 Å². The lowest BCUT2D eigenvalue weighted by Gasteiger charge is -2.25. The molecule has 264 valence electrons. The molecule has 0 unspecified atom stereocenters. The van der Waals surface area contributed by atoms with Gasteiger partial charge in [-0.05, 0) is 63.6 Å². The number of carbonyl (C=O) groups excluding carboxylic acids is 3. The van der Waals surface area contributed by atoms with Crippen molar-refractivity contribution in [2.75, 3.05) is 6.61 Å². The number of aliphatic carboxylic acids is 1. The summed E-state index contributed by atoms with van der Waals surface area (Å²) in [5.41, 5.74) is 6.36. The molecule has 3 amide bonds. The van der Waals surface area contributed by atoms with Crippen molar-refractivity contribution < 1.29 is 34.1 Å². The molecular weight excluding hydrogens is 658 g/mol. The number of benzene rings is 4. The maximum Gasteiger partial charge on any atom is 0.407 e. The molecule has 10 nitrogen and oxygen atoms in total. The van der Waals surface area contributed by atoms with Crippen LogP contribution in [0.15, 0.2) is 145 Å². The van der Waals surface area contributed by atoms with Crippen molar-refractivity contribution in [1.82, 2.24) is 16.0 Å². The SMILES string of the molecule is O=C(N[C@@H](Cc1ccccc1)C(=O)N[C@@H](Cc1ccccc1)C(=O)N[C@@H](/C=C1\C=CC(O)=CC1)C(=O)O)OCC1c2ccccc2-c2ccccc21. The van der Waals surface area contributed by atoms with Gasteiger partial charge in [-0.3, -0.25) is 9.59 Å². The Morgan fingerprint density at radius 3 is 1.75 bits per heavy atom. The predicted molar refractivity (Wildman–Crippen MR) is 196 cm³/mol. The summed E-state index contributed by atoms with van der Waals surface area (Å²) in [6.07, 6.45) is 5.58. The molecule has 0 spiro atoms. The maximum absolute atomic E-state index is 14.0. The Labute approximate surface area is 301 Å². The third kappa shape index (κ3) is 8.83. The summed E-state index contributed by atoms with van der Waals surface area (Å²) in [6.45, 7) is 0.0508. The van der Waals surface area contributed by atoms with Crippen molar-refractivity contribution in [1.29, 1.82) is 0 Å². The third-order valence-corrected chi connectivity index (χ3v) is 9.11. The summed E-state index contributed by atoms with van der Waals surface area (Å²) in [4.78, 5) is 53.3. The van der Waals surface area contributed by atoms with Crippen LogP contribution in [0.4, 0.5) is 4.79 Å². The van der Waals surface area contributed by atoms with E-state index in [0.717, 1.165) is 33.4 Å². The van der Waals surface area contributed by atoms with Gasteiger partial charge in [0.2, 0.25) is 11.8 Å². The molecule has 4 aromatic carbocycles. The zero-order chi connectivity index (χ0) is 36.5. The second-order valence-electron chi connectivity index (χ2n) is 12.7. The lowest BCUT2D eigenvalue weighted by atomic mass is 9.98. The molecule has 0 saturated carbocycles. The highest BCUT2D eigenvalue weighted by atomic mass is 16.5. The summed E-state index contributed by atoms with van der Waals surface area (Å²) in [6, 6.07) is 30.4. The molecule has 2 aliphatic rings. The number of alkyl carbamates (subject to hydrolysis) is 1. The lowest BCUT2D eigenvalue weighted by Crippen LogP contribution is -2.56. The number of rotatable bonds is 13. The average Bonchev–Trinajstić information content (AvgIpc) is 3.48. The number of amides is 3. The monoisotopic (exact) mass is 697 g/mol. The van der Waals surface area contributed by atoms with E-state index in [9.17, 15) is 29.4 Å². The summed E-state index contributed by atoms with van der Waals surface area (Å²) in [5.74, 6) is -2.78. The molecule has 52 heavy (non-hydrogen) atoms. The Bertz CT molecular complexity index is 1980. The van der Waals surface area contributed by atoms with E-state index in [1.54, 1.807) is 30.3 Å². The number of allylic oxidation sites excluding steroid dienone is 4. The van der Waals surface area contributed by atoms with Gasteiger partial charge in [-0.25, -0.2) is 9.59 Å². The van der Waals surface area contributed by atoms with Crippen LogP contribution in [-0.4, -0.2) is 58.8 Å². The van der Waals surface area contributed by atoms with E-state index >= 15 is 0 Å². The Balaban J connectivity index is 1.19. The fourth-order valence-electron chi connectivity index (χ4n) is 6.49. The Morgan fingerprint density at radius 1 is 0.692 bits per heavy atom. The van der Waals surface area contributed by atoms with Gasteiger partial charge in [0.25, 0.3) is 0 Å². The topological polar surface area (TPSA) is 154 Å². The van der Waals surface area contributed by atoms with Crippen molar-refractivity contribution in [3.63, 3.8) is 0 Å². The number of carboxylic acid groups (broad SMARTS) is 1. The summed E-state index contributed by atoms with van der Waals surface area (Å²) < 4.78 is 5.76. The second kappa shape index (κ2) is 16.5. The number of aliphatic hydroxyl groups is 1. The Hall–Kier alpha value is -6.42. The van der Waals surface area contributed by atoms with Crippen molar-refractivity contribution >= 4 is 23.9 Å². The van der Waals surface area contributed by atoms with E-state index in [1.165, 1.54) is 18.2 Å². The van der Waals surface area contributed by atoms with Crippen LogP contribution in [0, 0.1) is 0 Å². The van der Waals surface area contributed by atoms with Crippen molar-refractivity contribution in [2.45, 2.75) is 43.3 Å². The number of fused-ring (bicyclic) bond motifs is 3. The molecule has 10 heteroatoms. The quantitative estimate of drug-likeness (QED) is 0.119. The minimum absolute atomic E-state index is 0.0508. The first-order valence-corrected chi connectivity index (χ1v) is 17.1. The molecule has 5 N–H and O–H groups in total. The number of aliphatic hydroxyl groups excluding tert-OH is 1. The highest BCUT2D eigenvalue weighted by Gasteiger charge is 2.32. The molecule has 0 aliphatic heterocycles. The van der Waals surface area contributed by atoms with Crippen LogP contribution in [0.5, 0.6) is 0 Å². The van der Waals surface area contributed by atoms with Crippen LogP contribution in [0.2, 0.25) is 0 Å². The fourth-order valence-corrected chi connectivity index (χ4v) is 6.49. The lowest BCUT2D eigenvalue weighted by molar-refractivity contribution is -0.140. The minimum Gasteiger partial charge on any atom is -0.508 e. The first-order chi connectivity index (χ1) is 25.2. The minimum atomic E-state index is -1.41. The molecule has 0 radical (unpaired) electrons. The van der Waals surface area contributed by atoms with Crippen LogP contribution in [0.3, 0.4) is 0 Å². The van der Waals surface area contributed by atoms with Crippen LogP contribution >= 0.6 is 0 Å². The first kappa shape index (κ1) is 35.4. The van der Waals surface area contributed by atoms with E-state index in [0.29, 0.717) is 5.57 Å². The van der Waals surface area contributed by atoms with Gasteiger partial charge in [-0.15, -0.1) is 0 Å². The van der Waals surface area contributed by atoms with Gasteiger partial charge < -0.3 is 30.9 Å². The van der Waals surface area contributed by atoms with Crippen LogP contribution in [0.1, 0.15) is 34.6 Å². The van der Waals surface area contributed by atoms with Crippen molar-refractivity contribution in [2.24, 2.45) is 0 Å². The van der Waals surface area contributed by atoms with Gasteiger partial charge in [0, 0.05) is 18.8 Å². The molecule has 0 bridgehead atoms. The maximum atomic E-state index is 14.0. The molecule has 0 aromatic heterocycles. The average molecular weight is 698 g/mol. The summed E-state index contributed by atoms with van der Waals surface area (Å²) in [5, 5.41) is 27.6. The third-order valence-electron chi connectivity index (χ3n) is 9.11. The van der Waals surface area contributed by atoms with Gasteiger partial charge in [-0.1, -0.05) is 115 Å². The van der Waals surface area contributed by atoms with Gasteiger partial charge in [-0.2, -0.15) is 0 Å². The van der Waals surface area contributed by atoms with E-state index in [4.69, 9.17) is 4.74 Å². The molecule has 0 heterocycles. The predicted octanol–water partition coefficient (Wildman–Crippen LogP) is 5.76. The summed E-state index contributed by atoms with van der Waals surface area (Å²) >= 11 is 0. The molecular formula is C42H39N3O7. The van der Waals surface area contributed by atoms with Gasteiger partial charge in [0.15, 0.2) is 0 Å². The normalized spacial score (nSPS) is 15.7. The Kier molecular flexibility index (Phi) is 11.3. The number of nitrogens with one attached hydrogen (secondary N) is 3. The highest BCUT2D eigenvalue weighted by Crippen LogP contribution is 2.44. The van der Waals surface area contributed by atoms with Crippen molar-refractivity contribution in [3.05, 3.63) is 167 Å². The van der Waals surface area contributed by atoms with Crippen LogP contribution in [0.25, 0.3) is 11.1 Å². The molecule has 0 fully saturated rings. The largest absolute Gasteiger partial charge is 0.508 e. The van der Waals surface area contributed by atoms with Crippen LogP contribution in [-0.2, 0) is 32.0 Å². The van der Waals surface area contributed by atoms with Crippen molar-refractivity contribution in [3.8, 4) is 11.1 Å². The zero-order valence-electron chi connectivity index (χ0n) is 28.3. The molecule has 0 saturated heterocycles.